The van der Waals surface area contributed by atoms with Gasteiger partial charge in [-0.2, -0.15) is 4.57 Å². The van der Waals surface area contributed by atoms with Crippen molar-refractivity contribution in [3.63, 3.8) is 0 Å². The summed E-state index contributed by atoms with van der Waals surface area (Å²) in [7, 11) is 0. The van der Waals surface area contributed by atoms with Crippen LogP contribution < -0.4 is 10.5 Å². The van der Waals surface area contributed by atoms with Crippen LogP contribution >= 0.6 is 0 Å². The van der Waals surface area contributed by atoms with E-state index in [4.69, 9.17) is 9.15 Å². The van der Waals surface area contributed by atoms with Gasteiger partial charge in [0, 0.05) is 0 Å². The molecule has 1 aromatic carbocycles. The SMILES string of the molecule is O=C(Oc1ccccc1)n1c2c(oc1=O)C=CCC=C2. The molecule has 0 radical (unpaired) electrons. The lowest BCUT2D eigenvalue weighted by atomic mass is 10.3. The van der Waals surface area contributed by atoms with Crippen molar-refractivity contribution in [3.05, 3.63) is 64.5 Å². The van der Waals surface area contributed by atoms with E-state index in [0.717, 1.165) is 4.57 Å². The molecule has 0 aliphatic heterocycles. The molecule has 1 aliphatic carbocycles. The summed E-state index contributed by atoms with van der Waals surface area (Å²) in [6.45, 7) is 0. The minimum Gasteiger partial charge on any atom is -0.410 e. The Morgan fingerprint density at radius 2 is 1.90 bits per heavy atom. The number of nitrogens with zero attached hydrogens (tertiary/aromatic N) is 1. The normalized spacial score (nSPS) is 12.8. The Balaban J connectivity index is 1.99. The molecule has 2 aromatic rings. The van der Waals surface area contributed by atoms with E-state index < -0.39 is 11.8 Å². The lowest BCUT2D eigenvalue weighted by Crippen LogP contribution is -2.27. The van der Waals surface area contributed by atoms with Crippen LogP contribution in [0.25, 0.3) is 12.2 Å². The van der Waals surface area contributed by atoms with E-state index in [9.17, 15) is 9.59 Å². The van der Waals surface area contributed by atoms with Crippen LogP contribution in [0.2, 0.25) is 0 Å². The number of allylic oxidation sites excluding steroid dienone is 2. The maximum atomic E-state index is 12.1. The Hall–Kier alpha value is -2.82. The Labute approximate surface area is 114 Å². The fourth-order valence-electron chi connectivity index (χ4n) is 1.92. The standard InChI is InChI=1S/C15H11NO4/c17-14(19-11-7-3-1-4-8-11)16-12-9-5-2-6-10-13(12)20-15(16)18/h1,3-10H,2H2. The lowest BCUT2D eigenvalue weighted by molar-refractivity contribution is 0.200. The van der Waals surface area contributed by atoms with Crippen LogP contribution in [0.1, 0.15) is 17.9 Å². The highest BCUT2D eigenvalue weighted by Crippen LogP contribution is 2.17. The average Bonchev–Trinajstić information content (AvgIpc) is 2.60. The largest absolute Gasteiger partial charge is 0.429 e. The summed E-state index contributed by atoms with van der Waals surface area (Å²) in [6.07, 6.45) is 6.95. The molecule has 0 bridgehead atoms. The van der Waals surface area contributed by atoms with Crippen LogP contribution in [-0.2, 0) is 0 Å². The molecule has 0 spiro atoms. The zero-order valence-electron chi connectivity index (χ0n) is 10.5. The summed E-state index contributed by atoms with van der Waals surface area (Å²) >= 11 is 0. The van der Waals surface area contributed by atoms with Gasteiger partial charge in [0.2, 0.25) is 0 Å². The average molecular weight is 269 g/mol. The third-order valence-electron chi connectivity index (χ3n) is 2.82. The number of hydrogen-bond acceptors (Lipinski definition) is 4. The van der Waals surface area contributed by atoms with Gasteiger partial charge in [0.05, 0.1) is 0 Å². The van der Waals surface area contributed by atoms with Crippen molar-refractivity contribution in [2.24, 2.45) is 0 Å². The van der Waals surface area contributed by atoms with Gasteiger partial charge < -0.3 is 9.15 Å². The molecule has 5 nitrogen and oxygen atoms in total. The molecule has 0 N–H and O–H groups in total. The second-order valence-corrected chi connectivity index (χ2v) is 4.17. The van der Waals surface area contributed by atoms with Crippen molar-refractivity contribution in [2.45, 2.75) is 6.42 Å². The number of carbonyl (C=O) groups is 1. The molecule has 0 atom stereocenters. The van der Waals surface area contributed by atoms with Crippen molar-refractivity contribution < 1.29 is 13.9 Å². The Morgan fingerprint density at radius 1 is 1.15 bits per heavy atom. The van der Waals surface area contributed by atoms with Crippen LogP contribution in [-0.4, -0.2) is 10.7 Å². The van der Waals surface area contributed by atoms with Crippen LogP contribution in [0.15, 0.2) is 51.7 Å². The first kappa shape index (κ1) is 12.2. The summed E-state index contributed by atoms with van der Waals surface area (Å²) in [5, 5.41) is 0. The molecule has 100 valence electrons. The summed E-state index contributed by atoms with van der Waals surface area (Å²) < 4.78 is 11.1. The number of fused-ring (bicyclic) bond motifs is 1. The number of oxazole rings is 1. The first-order valence-electron chi connectivity index (χ1n) is 6.12. The monoisotopic (exact) mass is 269 g/mol. The summed E-state index contributed by atoms with van der Waals surface area (Å²) in [6, 6.07) is 8.56. The van der Waals surface area contributed by atoms with Crippen LogP contribution in [0, 0.1) is 0 Å². The van der Waals surface area contributed by atoms with E-state index in [-0.39, 0.29) is 0 Å². The van der Waals surface area contributed by atoms with Crippen molar-refractivity contribution in [1.29, 1.82) is 0 Å². The highest BCUT2D eigenvalue weighted by molar-refractivity contribution is 5.78. The number of benzene rings is 1. The van der Waals surface area contributed by atoms with Gasteiger partial charge in [-0.25, -0.2) is 9.59 Å². The molecule has 1 aliphatic rings. The quantitative estimate of drug-likeness (QED) is 0.798. The minimum atomic E-state index is -0.786. The van der Waals surface area contributed by atoms with E-state index in [2.05, 4.69) is 0 Å². The van der Waals surface area contributed by atoms with E-state index >= 15 is 0 Å². The van der Waals surface area contributed by atoms with Crippen LogP contribution in [0.3, 0.4) is 0 Å². The maximum Gasteiger partial charge on any atom is 0.429 e. The number of aromatic nitrogens is 1. The molecule has 0 saturated carbocycles. The van der Waals surface area contributed by atoms with Crippen LogP contribution in [0.5, 0.6) is 5.75 Å². The summed E-state index contributed by atoms with van der Waals surface area (Å²) in [4.78, 5) is 23.9. The lowest BCUT2D eigenvalue weighted by Gasteiger charge is -2.04. The Morgan fingerprint density at radius 3 is 2.70 bits per heavy atom. The Kier molecular flexibility index (Phi) is 3.09. The molecule has 20 heavy (non-hydrogen) atoms. The highest BCUT2D eigenvalue weighted by Gasteiger charge is 2.21. The van der Waals surface area contributed by atoms with Crippen molar-refractivity contribution >= 4 is 18.2 Å². The zero-order chi connectivity index (χ0) is 13.9. The molecule has 0 saturated heterocycles. The van der Waals surface area contributed by atoms with E-state index in [0.29, 0.717) is 23.6 Å². The summed E-state index contributed by atoms with van der Waals surface area (Å²) in [5.41, 5.74) is 0.393. The second kappa shape index (κ2) is 5.05. The van der Waals surface area contributed by atoms with Gasteiger partial charge in [-0.1, -0.05) is 30.4 Å². The fraction of sp³-hybridized carbons (Fsp3) is 0.0667. The third kappa shape index (κ3) is 2.21. The van der Waals surface area contributed by atoms with Crippen LogP contribution in [0.4, 0.5) is 4.79 Å². The molecular weight excluding hydrogens is 258 g/mol. The van der Waals surface area contributed by atoms with Gasteiger partial charge in [0.25, 0.3) is 0 Å². The molecule has 0 unspecified atom stereocenters. The summed E-state index contributed by atoms with van der Waals surface area (Å²) in [5.74, 6) is -0.0339. The fourth-order valence-corrected chi connectivity index (χ4v) is 1.92. The second-order valence-electron chi connectivity index (χ2n) is 4.17. The Bertz CT molecular complexity index is 750. The molecule has 0 amide bonds. The predicted octanol–water partition coefficient (Wildman–Crippen LogP) is 2.92. The zero-order valence-corrected chi connectivity index (χ0v) is 10.5. The molecule has 3 rings (SSSR count). The van der Waals surface area contributed by atoms with Gasteiger partial charge in [0.15, 0.2) is 5.76 Å². The van der Waals surface area contributed by atoms with Gasteiger partial charge in [0.1, 0.15) is 11.4 Å². The van der Waals surface area contributed by atoms with E-state index in [1.165, 1.54) is 0 Å². The number of para-hydroxylation sites is 1. The van der Waals surface area contributed by atoms with Gasteiger partial charge in [-0.15, -0.1) is 0 Å². The van der Waals surface area contributed by atoms with Crippen molar-refractivity contribution in [1.82, 2.24) is 4.57 Å². The number of ether oxygens (including phenoxy) is 1. The third-order valence-corrected chi connectivity index (χ3v) is 2.82. The smallest absolute Gasteiger partial charge is 0.410 e. The van der Waals surface area contributed by atoms with Gasteiger partial charge >= 0.3 is 11.8 Å². The predicted molar refractivity (Wildman–Crippen MR) is 73.5 cm³/mol. The minimum absolute atomic E-state index is 0.355. The number of rotatable bonds is 1. The van der Waals surface area contributed by atoms with E-state index in [1.807, 2.05) is 12.2 Å². The number of carbonyl (C=O) groups excluding carboxylic acids is 1. The molecule has 1 aromatic heterocycles. The maximum absolute atomic E-state index is 12.1. The van der Waals surface area contributed by atoms with Crippen molar-refractivity contribution in [3.8, 4) is 5.75 Å². The molecule has 0 fully saturated rings. The number of hydrogen-bond donors (Lipinski definition) is 0. The molecular formula is C15H11NO4. The van der Waals surface area contributed by atoms with E-state index in [1.54, 1.807) is 42.5 Å². The molecule has 5 heteroatoms. The first-order chi connectivity index (χ1) is 9.75. The highest BCUT2D eigenvalue weighted by atomic mass is 16.6. The topological polar surface area (TPSA) is 61.4 Å². The van der Waals surface area contributed by atoms with Gasteiger partial charge in [-0.05, 0) is 30.7 Å². The first-order valence-corrected chi connectivity index (χ1v) is 6.12. The van der Waals surface area contributed by atoms with Crippen molar-refractivity contribution in [2.75, 3.05) is 0 Å². The van der Waals surface area contributed by atoms with Gasteiger partial charge in [-0.3, -0.25) is 0 Å². The molecule has 1 heterocycles.